The van der Waals surface area contributed by atoms with Crippen LogP contribution in [0.15, 0.2) is 59.5 Å². The third-order valence-corrected chi connectivity index (χ3v) is 8.21. The van der Waals surface area contributed by atoms with E-state index in [1.807, 2.05) is 24.0 Å². The molecular weight excluding hydrogens is 412 g/mol. The first-order valence-electron chi connectivity index (χ1n) is 11.1. The summed E-state index contributed by atoms with van der Waals surface area (Å²) in [6.07, 6.45) is 3.08. The van der Waals surface area contributed by atoms with Crippen molar-refractivity contribution in [2.24, 2.45) is 5.92 Å². The molecule has 1 atom stereocenters. The maximum Gasteiger partial charge on any atom is 0.243 e. The maximum absolute atomic E-state index is 13.3. The quantitative estimate of drug-likeness (QED) is 0.682. The summed E-state index contributed by atoms with van der Waals surface area (Å²) in [5.74, 6) is 0.882. The minimum atomic E-state index is -3.50. The van der Waals surface area contributed by atoms with Crippen LogP contribution in [0.25, 0.3) is 0 Å². The first-order valence-corrected chi connectivity index (χ1v) is 12.5. The lowest BCUT2D eigenvalue weighted by Crippen LogP contribution is -2.44. The summed E-state index contributed by atoms with van der Waals surface area (Å²) in [6.45, 7) is 4.12. The van der Waals surface area contributed by atoms with Crippen LogP contribution in [0.5, 0.6) is 5.75 Å². The van der Waals surface area contributed by atoms with Gasteiger partial charge in [-0.15, -0.1) is 0 Å². The molecule has 0 saturated carbocycles. The van der Waals surface area contributed by atoms with Crippen molar-refractivity contribution in [2.45, 2.75) is 43.5 Å². The molecule has 0 unspecified atom stereocenters. The van der Waals surface area contributed by atoms with Crippen LogP contribution in [0.1, 0.15) is 44.2 Å². The number of hydrogen-bond donors (Lipinski definition) is 0. The fraction of sp³-hybridized carbons (Fsp3) is 0.458. The second kappa shape index (κ2) is 9.40. The van der Waals surface area contributed by atoms with Gasteiger partial charge >= 0.3 is 0 Å². The highest BCUT2D eigenvalue weighted by molar-refractivity contribution is 7.89. The average molecular weight is 443 g/mol. The van der Waals surface area contributed by atoms with Crippen LogP contribution in [-0.4, -0.2) is 49.8 Å². The monoisotopic (exact) mass is 442 g/mol. The van der Waals surface area contributed by atoms with Gasteiger partial charge in [-0.05, 0) is 62.4 Å². The highest BCUT2D eigenvalue weighted by atomic mass is 32.2. The van der Waals surface area contributed by atoms with Crippen LogP contribution in [0, 0.1) is 5.92 Å². The number of benzene rings is 2. The summed E-state index contributed by atoms with van der Waals surface area (Å²) in [7, 11) is -3.50. The normalized spacial score (nSPS) is 20.7. The molecule has 6 nitrogen and oxygen atoms in total. The molecule has 2 heterocycles. The van der Waals surface area contributed by atoms with E-state index in [-0.39, 0.29) is 17.9 Å². The molecule has 2 aromatic rings. The number of piperidine rings is 1. The van der Waals surface area contributed by atoms with Crippen LogP contribution in [0.3, 0.4) is 0 Å². The second-order valence-corrected chi connectivity index (χ2v) is 10.1. The summed E-state index contributed by atoms with van der Waals surface area (Å²) in [5, 5.41) is 0. The van der Waals surface area contributed by atoms with Gasteiger partial charge in [0.1, 0.15) is 5.75 Å². The van der Waals surface area contributed by atoms with E-state index < -0.39 is 10.0 Å². The van der Waals surface area contributed by atoms with Gasteiger partial charge < -0.3 is 9.64 Å². The Kier molecular flexibility index (Phi) is 6.62. The van der Waals surface area contributed by atoms with Gasteiger partial charge in [0.25, 0.3) is 0 Å². The van der Waals surface area contributed by atoms with E-state index in [0.717, 1.165) is 30.7 Å². The van der Waals surface area contributed by atoms with Crippen molar-refractivity contribution in [3.8, 4) is 5.75 Å². The Labute approximate surface area is 184 Å². The number of ether oxygens (including phenoxy) is 1. The van der Waals surface area contributed by atoms with E-state index in [1.54, 1.807) is 30.3 Å². The van der Waals surface area contributed by atoms with E-state index in [9.17, 15) is 13.2 Å². The van der Waals surface area contributed by atoms with Crippen LogP contribution in [0.2, 0.25) is 0 Å². The zero-order chi connectivity index (χ0) is 21.8. The van der Waals surface area contributed by atoms with Crippen molar-refractivity contribution in [1.82, 2.24) is 9.21 Å². The Hall–Kier alpha value is -2.38. The minimum absolute atomic E-state index is 0.0919. The summed E-state index contributed by atoms with van der Waals surface area (Å²) >= 11 is 0. The molecule has 2 saturated heterocycles. The standard InChI is InChI=1S/C24H30N2O4S/c1-2-30-21-12-10-19(11-13-21)23-9-6-16-26(23)24(27)20-14-17-25(18-15-20)31(28,29)22-7-4-3-5-8-22/h3-5,7-8,10-13,20,23H,2,6,9,14-18H2,1H3/t23-/m1/s1. The fourth-order valence-corrected chi connectivity index (χ4v) is 6.14. The number of carbonyl (C=O) groups excluding carboxylic acids is 1. The molecule has 0 aliphatic carbocycles. The molecule has 0 N–H and O–H groups in total. The molecule has 0 bridgehead atoms. The molecule has 166 valence electrons. The molecule has 31 heavy (non-hydrogen) atoms. The van der Waals surface area contributed by atoms with Crippen molar-refractivity contribution in [3.63, 3.8) is 0 Å². The van der Waals surface area contributed by atoms with E-state index in [4.69, 9.17) is 4.74 Å². The number of rotatable bonds is 6. The number of likely N-dealkylation sites (tertiary alicyclic amines) is 1. The van der Waals surface area contributed by atoms with Gasteiger partial charge in [-0.1, -0.05) is 30.3 Å². The molecule has 0 radical (unpaired) electrons. The lowest BCUT2D eigenvalue weighted by atomic mass is 9.95. The number of sulfonamides is 1. The Morgan fingerprint density at radius 1 is 0.968 bits per heavy atom. The van der Waals surface area contributed by atoms with Gasteiger partial charge in [0.15, 0.2) is 0 Å². The summed E-state index contributed by atoms with van der Waals surface area (Å²) in [4.78, 5) is 15.6. The predicted molar refractivity (Wildman–Crippen MR) is 119 cm³/mol. The van der Waals surface area contributed by atoms with Crippen LogP contribution in [0.4, 0.5) is 0 Å². The van der Waals surface area contributed by atoms with Crippen LogP contribution >= 0.6 is 0 Å². The Morgan fingerprint density at radius 2 is 1.65 bits per heavy atom. The van der Waals surface area contributed by atoms with Crippen molar-refractivity contribution < 1.29 is 17.9 Å². The van der Waals surface area contributed by atoms with Crippen molar-refractivity contribution in [2.75, 3.05) is 26.2 Å². The largest absolute Gasteiger partial charge is 0.494 e. The van der Waals surface area contributed by atoms with E-state index in [1.165, 1.54) is 4.31 Å². The molecule has 2 aliphatic heterocycles. The number of carbonyl (C=O) groups is 1. The van der Waals surface area contributed by atoms with Crippen molar-refractivity contribution >= 4 is 15.9 Å². The Balaban J connectivity index is 1.40. The van der Waals surface area contributed by atoms with Crippen LogP contribution in [-0.2, 0) is 14.8 Å². The zero-order valence-electron chi connectivity index (χ0n) is 17.9. The Bertz CT molecular complexity index is 984. The minimum Gasteiger partial charge on any atom is -0.494 e. The van der Waals surface area contributed by atoms with Gasteiger partial charge in [0.05, 0.1) is 17.5 Å². The topological polar surface area (TPSA) is 66.9 Å². The third kappa shape index (κ3) is 4.62. The van der Waals surface area contributed by atoms with Gasteiger partial charge in [-0.25, -0.2) is 8.42 Å². The molecule has 4 rings (SSSR count). The summed E-state index contributed by atoms with van der Waals surface area (Å²) in [6, 6.07) is 16.6. The molecule has 2 aromatic carbocycles. The predicted octanol–water partition coefficient (Wildman–Crippen LogP) is 3.85. The maximum atomic E-state index is 13.3. The lowest BCUT2D eigenvalue weighted by Gasteiger charge is -2.34. The highest BCUT2D eigenvalue weighted by Crippen LogP contribution is 2.35. The van der Waals surface area contributed by atoms with E-state index >= 15 is 0 Å². The number of nitrogens with zero attached hydrogens (tertiary/aromatic N) is 2. The number of amides is 1. The van der Waals surface area contributed by atoms with Crippen molar-refractivity contribution in [3.05, 3.63) is 60.2 Å². The van der Waals surface area contributed by atoms with Crippen LogP contribution < -0.4 is 4.74 Å². The molecule has 2 fully saturated rings. The van der Waals surface area contributed by atoms with Gasteiger partial charge in [-0.2, -0.15) is 4.31 Å². The molecule has 2 aliphatic rings. The number of hydrogen-bond acceptors (Lipinski definition) is 4. The molecule has 0 spiro atoms. The summed E-state index contributed by atoms with van der Waals surface area (Å²) < 4.78 is 32.7. The highest BCUT2D eigenvalue weighted by Gasteiger charge is 2.37. The fourth-order valence-electron chi connectivity index (χ4n) is 4.65. The molecule has 0 aromatic heterocycles. The lowest BCUT2D eigenvalue weighted by molar-refractivity contribution is -0.137. The van der Waals surface area contributed by atoms with Crippen molar-refractivity contribution in [1.29, 1.82) is 0 Å². The van der Waals surface area contributed by atoms with Gasteiger partial charge in [0.2, 0.25) is 15.9 Å². The molecule has 7 heteroatoms. The molecular formula is C24H30N2O4S. The first-order chi connectivity index (χ1) is 15.0. The molecule has 1 amide bonds. The van der Waals surface area contributed by atoms with E-state index in [2.05, 4.69) is 12.1 Å². The second-order valence-electron chi connectivity index (χ2n) is 8.18. The van der Waals surface area contributed by atoms with Gasteiger partial charge in [0, 0.05) is 25.6 Å². The third-order valence-electron chi connectivity index (χ3n) is 6.30. The summed E-state index contributed by atoms with van der Waals surface area (Å²) in [5.41, 5.74) is 1.14. The smallest absolute Gasteiger partial charge is 0.243 e. The van der Waals surface area contributed by atoms with Gasteiger partial charge in [-0.3, -0.25) is 4.79 Å². The zero-order valence-corrected chi connectivity index (χ0v) is 18.8. The Morgan fingerprint density at radius 3 is 2.29 bits per heavy atom. The average Bonchev–Trinajstić information content (AvgIpc) is 3.30. The van der Waals surface area contributed by atoms with E-state index in [0.29, 0.717) is 37.4 Å². The first kappa shape index (κ1) is 21.8. The SMILES string of the molecule is CCOc1ccc([C@H]2CCCN2C(=O)C2CCN(S(=O)(=O)c3ccccc3)CC2)cc1.